The summed E-state index contributed by atoms with van der Waals surface area (Å²) in [5.41, 5.74) is 2.08. The Balaban J connectivity index is 1.79. The number of carbonyl (C=O) groups is 1. The topological polar surface area (TPSA) is 47.6 Å². The normalized spacial score (nSPS) is 10.1. The number of amides is 1. The zero-order chi connectivity index (χ0) is 15.8. The molecule has 0 saturated carbocycles. The molecule has 0 heterocycles. The molecule has 2 aromatic carbocycles. The molecule has 1 amide bonds. The first kappa shape index (κ1) is 15.9. The first-order chi connectivity index (χ1) is 10.7. The average molecular weight is 299 g/mol. The van der Waals surface area contributed by atoms with E-state index in [9.17, 15) is 4.79 Å². The Hall–Kier alpha value is -2.49. The van der Waals surface area contributed by atoms with E-state index in [1.165, 1.54) is 0 Å². The maximum Gasteiger partial charge on any atom is 0.224 e. The van der Waals surface area contributed by atoms with Gasteiger partial charge in [-0.05, 0) is 41.8 Å². The Morgan fingerprint density at radius 1 is 0.955 bits per heavy atom. The molecule has 0 radical (unpaired) electrons. The SMILES string of the molecule is COc1cccc(CCNC(=O)Cc2cccc(OC)c2)c1. The molecule has 116 valence electrons. The van der Waals surface area contributed by atoms with E-state index in [1.54, 1.807) is 14.2 Å². The minimum atomic E-state index is 0.0103. The number of rotatable bonds is 7. The van der Waals surface area contributed by atoms with Crippen molar-refractivity contribution in [2.24, 2.45) is 0 Å². The first-order valence-electron chi connectivity index (χ1n) is 7.24. The summed E-state index contributed by atoms with van der Waals surface area (Å²) in [6.07, 6.45) is 1.14. The number of nitrogens with one attached hydrogen (secondary N) is 1. The van der Waals surface area contributed by atoms with Gasteiger partial charge in [-0.1, -0.05) is 24.3 Å². The highest BCUT2D eigenvalue weighted by Crippen LogP contribution is 2.13. The summed E-state index contributed by atoms with van der Waals surface area (Å²) < 4.78 is 10.3. The van der Waals surface area contributed by atoms with Crippen molar-refractivity contribution < 1.29 is 14.3 Å². The highest BCUT2D eigenvalue weighted by molar-refractivity contribution is 5.78. The molecule has 0 aliphatic rings. The molecule has 0 aromatic heterocycles. The fourth-order valence-electron chi connectivity index (χ4n) is 2.20. The summed E-state index contributed by atoms with van der Waals surface area (Å²) >= 11 is 0. The van der Waals surface area contributed by atoms with Gasteiger partial charge >= 0.3 is 0 Å². The van der Waals surface area contributed by atoms with Gasteiger partial charge in [0.1, 0.15) is 11.5 Å². The van der Waals surface area contributed by atoms with Gasteiger partial charge in [-0.15, -0.1) is 0 Å². The number of methoxy groups -OCH3 is 2. The summed E-state index contributed by atoms with van der Waals surface area (Å²) in [5, 5.41) is 2.93. The van der Waals surface area contributed by atoms with Crippen LogP contribution in [0.15, 0.2) is 48.5 Å². The standard InChI is InChI=1S/C18H21NO3/c1-21-16-7-3-5-14(11-16)9-10-19-18(20)13-15-6-4-8-17(12-15)22-2/h3-8,11-12H,9-10,13H2,1-2H3,(H,19,20). The van der Waals surface area contributed by atoms with Crippen molar-refractivity contribution in [1.82, 2.24) is 5.32 Å². The molecule has 0 aliphatic heterocycles. The van der Waals surface area contributed by atoms with E-state index in [1.807, 2.05) is 48.5 Å². The predicted molar refractivity (Wildman–Crippen MR) is 86.4 cm³/mol. The van der Waals surface area contributed by atoms with Gasteiger partial charge in [0.15, 0.2) is 0 Å². The van der Waals surface area contributed by atoms with Crippen LogP contribution in [0.1, 0.15) is 11.1 Å². The van der Waals surface area contributed by atoms with Crippen molar-refractivity contribution in [2.75, 3.05) is 20.8 Å². The lowest BCUT2D eigenvalue weighted by Gasteiger charge is -2.07. The van der Waals surface area contributed by atoms with E-state index >= 15 is 0 Å². The second kappa shape index (κ2) is 8.08. The maximum absolute atomic E-state index is 11.9. The Bertz CT molecular complexity index is 625. The molecule has 1 N–H and O–H groups in total. The molecule has 0 saturated heterocycles. The minimum Gasteiger partial charge on any atom is -0.497 e. The highest BCUT2D eigenvalue weighted by Gasteiger charge is 2.04. The lowest BCUT2D eigenvalue weighted by molar-refractivity contribution is -0.120. The molecule has 0 aliphatic carbocycles. The number of ether oxygens (including phenoxy) is 2. The molecule has 22 heavy (non-hydrogen) atoms. The van der Waals surface area contributed by atoms with Gasteiger partial charge in [0, 0.05) is 6.54 Å². The van der Waals surface area contributed by atoms with Crippen LogP contribution in [0.4, 0.5) is 0 Å². The number of benzene rings is 2. The molecule has 4 nitrogen and oxygen atoms in total. The number of hydrogen-bond acceptors (Lipinski definition) is 3. The first-order valence-corrected chi connectivity index (χ1v) is 7.24. The van der Waals surface area contributed by atoms with Crippen molar-refractivity contribution in [2.45, 2.75) is 12.8 Å². The monoisotopic (exact) mass is 299 g/mol. The molecule has 0 atom stereocenters. The number of carbonyl (C=O) groups excluding carboxylic acids is 1. The molecule has 0 bridgehead atoms. The van der Waals surface area contributed by atoms with Crippen LogP contribution in [-0.4, -0.2) is 26.7 Å². The van der Waals surface area contributed by atoms with E-state index in [2.05, 4.69) is 5.32 Å². The van der Waals surface area contributed by atoms with Crippen molar-refractivity contribution in [3.63, 3.8) is 0 Å². The molecular formula is C18H21NO3. The van der Waals surface area contributed by atoms with Crippen LogP contribution in [0.3, 0.4) is 0 Å². The van der Waals surface area contributed by atoms with Crippen LogP contribution in [0.2, 0.25) is 0 Å². The van der Waals surface area contributed by atoms with E-state index in [-0.39, 0.29) is 5.91 Å². The van der Waals surface area contributed by atoms with Crippen molar-refractivity contribution in [3.05, 3.63) is 59.7 Å². The Morgan fingerprint density at radius 2 is 1.55 bits per heavy atom. The summed E-state index contributed by atoms with van der Waals surface area (Å²) in [4.78, 5) is 11.9. The van der Waals surface area contributed by atoms with Gasteiger partial charge in [0.25, 0.3) is 0 Å². The van der Waals surface area contributed by atoms with Gasteiger partial charge in [0.2, 0.25) is 5.91 Å². The molecule has 0 unspecified atom stereocenters. The van der Waals surface area contributed by atoms with Crippen molar-refractivity contribution in [3.8, 4) is 11.5 Å². The lowest BCUT2D eigenvalue weighted by Crippen LogP contribution is -2.27. The molecule has 2 rings (SSSR count). The second-order valence-electron chi connectivity index (χ2n) is 4.98. The lowest BCUT2D eigenvalue weighted by atomic mass is 10.1. The van der Waals surface area contributed by atoms with Crippen LogP contribution in [0.5, 0.6) is 11.5 Å². The van der Waals surface area contributed by atoms with Gasteiger partial charge in [0.05, 0.1) is 20.6 Å². The zero-order valence-corrected chi connectivity index (χ0v) is 13.0. The largest absolute Gasteiger partial charge is 0.497 e. The third-order valence-electron chi connectivity index (χ3n) is 3.37. The molecule has 4 heteroatoms. The van der Waals surface area contributed by atoms with Crippen LogP contribution >= 0.6 is 0 Å². The van der Waals surface area contributed by atoms with Gasteiger partial charge in [-0.3, -0.25) is 4.79 Å². The van der Waals surface area contributed by atoms with E-state index in [0.717, 1.165) is 29.0 Å². The molecular weight excluding hydrogens is 278 g/mol. The Labute approximate surface area is 131 Å². The Kier molecular flexibility index (Phi) is 5.83. The number of hydrogen-bond donors (Lipinski definition) is 1. The predicted octanol–water partition coefficient (Wildman–Crippen LogP) is 2.61. The molecule has 2 aromatic rings. The van der Waals surface area contributed by atoms with Gasteiger partial charge in [-0.25, -0.2) is 0 Å². The van der Waals surface area contributed by atoms with Crippen LogP contribution in [-0.2, 0) is 17.6 Å². The molecule has 0 fully saturated rings. The van der Waals surface area contributed by atoms with Gasteiger partial charge < -0.3 is 14.8 Å². The van der Waals surface area contributed by atoms with E-state index < -0.39 is 0 Å². The summed E-state index contributed by atoms with van der Waals surface area (Å²) in [7, 11) is 3.27. The zero-order valence-electron chi connectivity index (χ0n) is 13.0. The van der Waals surface area contributed by atoms with Crippen LogP contribution in [0.25, 0.3) is 0 Å². The van der Waals surface area contributed by atoms with Gasteiger partial charge in [-0.2, -0.15) is 0 Å². The third kappa shape index (κ3) is 4.81. The third-order valence-corrected chi connectivity index (χ3v) is 3.37. The second-order valence-corrected chi connectivity index (χ2v) is 4.98. The van der Waals surface area contributed by atoms with E-state index in [4.69, 9.17) is 9.47 Å². The maximum atomic E-state index is 11.9. The Morgan fingerprint density at radius 3 is 2.18 bits per heavy atom. The quantitative estimate of drug-likeness (QED) is 0.855. The summed E-state index contributed by atoms with van der Waals surface area (Å²) in [6, 6.07) is 15.4. The molecule has 0 spiro atoms. The fourth-order valence-corrected chi connectivity index (χ4v) is 2.20. The smallest absolute Gasteiger partial charge is 0.224 e. The summed E-state index contributed by atoms with van der Waals surface area (Å²) in [5.74, 6) is 1.61. The highest BCUT2D eigenvalue weighted by atomic mass is 16.5. The van der Waals surface area contributed by atoms with Crippen molar-refractivity contribution >= 4 is 5.91 Å². The van der Waals surface area contributed by atoms with E-state index in [0.29, 0.717) is 13.0 Å². The van der Waals surface area contributed by atoms with Crippen LogP contribution in [0, 0.1) is 0 Å². The van der Waals surface area contributed by atoms with Crippen LogP contribution < -0.4 is 14.8 Å². The minimum absolute atomic E-state index is 0.0103. The van der Waals surface area contributed by atoms with Crippen molar-refractivity contribution in [1.29, 1.82) is 0 Å². The fraction of sp³-hybridized carbons (Fsp3) is 0.278. The summed E-state index contributed by atoms with van der Waals surface area (Å²) in [6.45, 7) is 0.607. The average Bonchev–Trinajstić information content (AvgIpc) is 2.55.